The van der Waals surface area contributed by atoms with Crippen LogP contribution in [0.1, 0.15) is 102 Å². The van der Waals surface area contributed by atoms with Crippen molar-refractivity contribution >= 4 is 41.8 Å². The SMILES string of the molecule is CCCCCC(CC(C)(C)C(=O)OC)(c1ccccc1)c1ccc(C(C)(CC(C)(C)[CH-]B(P)I)c2ccccc2)cc1. The molecule has 0 aliphatic carbocycles. The van der Waals surface area contributed by atoms with Gasteiger partial charge < -0.3 is 11.1 Å². The predicted octanol–water partition coefficient (Wildman–Crippen LogP) is 10.4. The fourth-order valence-electron chi connectivity index (χ4n) is 7.02. The van der Waals surface area contributed by atoms with E-state index in [0.717, 1.165) is 32.1 Å². The number of hydrogen-bond acceptors (Lipinski definition) is 2. The molecule has 0 saturated carbocycles. The largest absolute Gasteiger partial charge is 0.469 e. The lowest BCUT2D eigenvalue weighted by atomic mass is 9.61. The molecule has 0 aliphatic heterocycles. The molecular formula is C37H50BIO2P-. The molecule has 0 radical (unpaired) electrons. The Labute approximate surface area is 272 Å². The minimum absolute atomic E-state index is 0.0371. The lowest BCUT2D eigenvalue weighted by Crippen LogP contribution is -2.38. The van der Waals surface area contributed by atoms with Crippen molar-refractivity contribution in [2.24, 2.45) is 10.8 Å². The van der Waals surface area contributed by atoms with Crippen molar-refractivity contribution < 1.29 is 9.53 Å². The van der Waals surface area contributed by atoms with Gasteiger partial charge in [0.1, 0.15) is 0 Å². The lowest BCUT2D eigenvalue weighted by Gasteiger charge is -2.45. The number of carbonyl (C=O) groups excluding carboxylic acids is 1. The second-order valence-corrected chi connectivity index (χ2v) is 17.0. The van der Waals surface area contributed by atoms with Gasteiger partial charge in [0.15, 0.2) is 0 Å². The second-order valence-electron chi connectivity index (χ2n) is 13.5. The van der Waals surface area contributed by atoms with E-state index in [1.54, 1.807) is 0 Å². The first-order valence-corrected chi connectivity index (χ1v) is 17.3. The first-order chi connectivity index (χ1) is 19.8. The summed E-state index contributed by atoms with van der Waals surface area (Å²) < 4.78 is 5.71. The Bertz CT molecular complexity index is 1260. The Morgan fingerprint density at radius 1 is 0.786 bits per heavy atom. The van der Waals surface area contributed by atoms with Gasteiger partial charge >= 0.3 is 5.97 Å². The first kappa shape index (κ1) is 34.8. The monoisotopic (exact) mass is 695 g/mol. The van der Waals surface area contributed by atoms with Gasteiger partial charge in [-0.15, -0.1) is 0 Å². The normalized spacial score (nSPS) is 15.0. The van der Waals surface area contributed by atoms with Crippen molar-refractivity contribution in [3.05, 3.63) is 114 Å². The number of esters is 1. The van der Waals surface area contributed by atoms with Gasteiger partial charge in [-0.3, -0.25) is 4.79 Å². The van der Waals surface area contributed by atoms with Gasteiger partial charge in [0.05, 0.1) is 16.8 Å². The van der Waals surface area contributed by atoms with Crippen LogP contribution in [0.3, 0.4) is 0 Å². The van der Waals surface area contributed by atoms with Crippen molar-refractivity contribution in [2.75, 3.05) is 7.11 Å². The van der Waals surface area contributed by atoms with E-state index in [1.165, 1.54) is 29.4 Å². The number of unbranched alkanes of at least 4 members (excludes halogenated alkanes) is 2. The molecule has 0 spiro atoms. The maximum absolute atomic E-state index is 13.0. The van der Waals surface area contributed by atoms with E-state index in [1.807, 2.05) is 13.8 Å². The minimum atomic E-state index is -0.637. The van der Waals surface area contributed by atoms with Gasteiger partial charge in [-0.2, -0.15) is 36.9 Å². The highest BCUT2D eigenvalue weighted by atomic mass is 127. The van der Waals surface area contributed by atoms with Gasteiger partial charge in [-0.1, -0.05) is 138 Å². The van der Waals surface area contributed by atoms with Crippen molar-refractivity contribution in [3.8, 4) is 0 Å². The molecule has 3 atom stereocenters. The third kappa shape index (κ3) is 8.50. The molecule has 0 saturated heterocycles. The number of ether oxygens (including phenoxy) is 1. The van der Waals surface area contributed by atoms with E-state index in [2.05, 4.69) is 150 Å². The molecule has 5 heteroatoms. The van der Waals surface area contributed by atoms with Crippen LogP contribution in [0.4, 0.5) is 0 Å². The van der Waals surface area contributed by atoms with E-state index >= 15 is 0 Å². The lowest BCUT2D eigenvalue weighted by molar-refractivity contribution is -0.151. The van der Waals surface area contributed by atoms with Gasteiger partial charge in [0.2, 0.25) is 0 Å². The molecule has 0 aromatic heterocycles. The van der Waals surface area contributed by atoms with Gasteiger partial charge in [0, 0.05) is 10.8 Å². The van der Waals surface area contributed by atoms with Gasteiger partial charge in [-0.05, 0) is 48.9 Å². The number of benzene rings is 3. The highest BCUT2D eigenvalue weighted by molar-refractivity contribution is 14.1. The number of methoxy groups -OCH3 is 1. The van der Waals surface area contributed by atoms with Crippen molar-refractivity contribution in [3.63, 3.8) is 0 Å². The molecule has 0 N–H and O–H groups in total. The first-order valence-electron chi connectivity index (χ1n) is 15.4. The van der Waals surface area contributed by atoms with Crippen LogP contribution >= 0.6 is 31.5 Å². The zero-order chi connectivity index (χ0) is 31.0. The quantitative estimate of drug-likeness (QED) is 0.0395. The summed E-state index contributed by atoms with van der Waals surface area (Å²) in [5.74, 6) is -0.160. The highest BCUT2D eigenvalue weighted by Gasteiger charge is 2.43. The molecule has 226 valence electrons. The molecule has 0 bridgehead atoms. The molecule has 3 unspecified atom stereocenters. The summed E-state index contributed by atoms with van der Waals surface area (Å²) in [6.45, 7) is 13.4. The Hall–Kier alpha value is -1.65. The third-order valence-electron chi connectivity index (χ3n) is 8.92. The molecular weight excluding hydrogens is 645 g/mol. The second kappa shape index (κ2) is 14.9. The van der Waals surface area contributed by atoms with Crippen molar-refractivity contribution in [1.29, 1.82) is 0 Å². The number of hydrogen-bond donors (Lipinski definition) is 0. The Balaban J connectivity index is 2.18. The van der Waals surface area contributed by atoms with E-state index in [4.69, 9.17) is 4.74 Å². The smallest absolute Gasteiger partial charge is 0.311 e. The van der Waals surface area contributed by atoms with Crippen LogP contribution in [0, 0.1) is 17.2 Å². The van der Waals surface area contributed by atoms with Gasteiger partial charge in [0.25, 0.3) is 0 Å². The van der Waals surface area contributed by atoms with Crippen molar-refractivity contribution in [1.82, 2.24) is 0 Å². The molecule has 3 aromatic rings. The average molecular weight is 695 g/mol. The predicted molar refractivity (Wildman–Crippen MR) is 193 cm³/mol. The maximum atomic E-state index is 13.0. The van der Waals surface area contributed by atoms with E-state index < -0.39 is 5.41 Å². The zero-order valence-corrected chi connectivity index (χ0v) is 30.1. The molecule has 2 nitrogen and oxygen atoms in total. The number of carbonyl (C=O) groups is 1. The molecule has 3 rings (SSSR count). The highest BCUT2D eigenvalue weighted by Crippen LogP contribution is 2.48. The summed E-state index contributed by atoms with van der Waals surface area (Å²) in [5.41, 5.74) is 4.10. The topological polar surface area (TPSA) is 26.3 Å². The van der Waals surface area contributed by atoms with Crippen LogP contribution in [-0.4, -0.2) is 17.4 Å². The Morgan fingerprint density at radius 3 is 1.76 bits per heavy atom. The molecule has 42 heavy (non-hydrogen) atoms. The summed E-state index contributed by atoms with van der Waals surface area (Å²) in [6, 6.07) is 31.1. The molecule has 0 amide bonds. The van der Waals surface area contributed by atoms with E-state index in [0.29, 0.717) is 10.7 Å². The molecule has 0 aliphatic rings. The summed E-state index contributed by atoms with van der Waals surface area (Å²) in [7, 11) is 4.42. The summed E-state index contributed by atoms with van der Waals surface area (Å²) in [4.78, 5) is 13.0. The standard InChI is InChI=1S/C37H50BIO2P/c1-8-9-16-25-37(31-19-14-11-15-20-31,27-35(4,5)33(40)41-7)32-23-21-30(22-24-32)36(6,29-17-12-10-13-18-29)26-34(2,3)28-38(39)42/h10-15,17-24,28H,8-9,16,25-27,42H2,1-7H3/q-1. The van der Waals surface area contributed by atoms with Crippen LogP contribution in [-0.2, 0) is 20.4 Å². The molecule has 0 fully saturated rings. The van der Waals surface area contributed by atoms with Crippen LogP contribution in [0.25, 0.3) is 0 Å². The molecule has 3 aromatic carbocycles. The zero-order valence-electron chi connectivity index (χ0n) is 26.8. The Morgan fingerprint density at radius 2 is 1.26 bits per heavy atom. The fraction of sp³-hybridized carbons (Fsp3) is 0.459. The number of rotatable bonds is 15. The van der Waals surface area contributed by atoms with Crippen molar-refractivity contribution in [2.45, 2.75) is 90.9 Å². The summed E-state index contributed by atoms with van der Waals surface area (Å²) >= 11 is 2.47. The van der Waals surface area contributed by atoms with Crippen LogP contribution in [0.2, 0.25) is 0 Å². The average Bonchev–Trinajstić information content (AvgIpc) is 2.96. The summed E-state index contributed by atoms with van der Waals surface area (Å²) in [5, 5.41) is 0. The summed E-state index contributed by atoms with van der Waals surface area (Å²) in [6.07, 6.45) is 8.51. The minimum Gasteiger partial charge on any atom is -0.469 e. The van der Waals surface area contributed by atoms with E-state index in [9.17, 15) is 4.79 Å². The van der Waals surface area contributed by atoms with Crippen LogP contribution in [0.5, 0.6) is 0 Å². The molecule has 0 heterocycles. The van der Waals surface area contributed by atoms with Crippen LogP contribution < -0.4 is 0 Å². The number of halogens is 1. The van der Waals surface area contributed by atoms with Gasteiger partial charge in [-0.25, -0.2) is 0 Å². The third-order valence-corrected chi connectivity index (χ3v) is 9.47. The fourth-order valence-corrected chi connectivity index (χ4v) is 8.51. The van der Waals surface area contributed by atoms with E-state index in [-0.39, 0.29) is 22.2 Å². The maximum Gasteiger partial charge on any atom is 0.311 e. The van der Waals surface area contributed by atoms with Crippen LogP contribution in [0.15, 0.2) is 84.9 Å². The Kier molecular flexibility index (Phi) is 12.4.